The highest BCUT2D eigenvalue weighted by Crippen LogP contribution is 2.45. The second-order valence-corrected chi connectivity index (χ2v) is 19.7. The van der Waals surface area contributed by atoms with Gasteiger partial charge in [0.25, 0.3) is 11.8 Å². The van der Waals surface area contributed by atoms with E-state index in [0.717, 1.165) is 31.2 Å². The fourth-order valence-electron chi connectivity index (χ4n) is 6.36. The number of rotatable bonds is 12. The summed E-state index contributed by atoms with van der Waals surface area (Å²) in [6, 6.07) is 24.7. The van der Waals surface area contributed by atoms with Crippen LogP contribution in [0.25, 0.3) is 10.8 Å². The molecule has 1 aliphatic carbocycles. The number of nitrogens with zero attached hydrogens (tertiary/aromatic N) is 3. The smallest absolute Gasteiger partial charge is 0.276 e. The fraction of sp³-hybridized carbons (Fsp3) is 0.462. The van der Waals surface area contributed by atoms with Crippen molar-refractivity contribution >= 4 is 25.0 Å². The summed E-state index contributed by atoms with van der Waals surface area (Å²) in [5.41, 5.74) is 2.08. The molecule has 1 amide bonds. The molecule has 1 saturated carbocycles. The SMILES string of the molecule is CC(C)N(CCO[Si](C)(C)C(C)(C)C)C(=O)c1nc(CC2(c3ccc4ccccc4c3)CCCC2)nc(O)c1OCc1ccccc1. The molecule has 0 unspecified atom stereocenters. The van der Waals surface area contributed by atoms with E-state index in [2.05, 4.69) is 81.3 Å². The van der Waals surface area contributed by atoms with E-state index in [-0.39, 0.29) is 46.3 Å². The van der Waals surface area contributed by atoms with E-state index in [1.54, 1.807) is 4.90 Å². The summed E-state index contributed by atoms with van der Waals surface area (Å²) in [5.74, 6) is -0.131. The number of hydrogen-bond acceptors (Lipinski definition) is 6. The summed E-state index contributed by atoms with van der Waals surface area (Å²) < 4.78 is 12.6. The van der Waals surface area contributed by atoms with Crippen LogP contribution in [0.15, 0.2) is 72.8 Å². The molecule has 4 aromatic rings. The number of ether oxygens (including phenoxy) is 1. The third-order valence-electron chi connectivity index (χ3n) is 10.2. The van der Waals surface area contributed by atoms with Crippen molar-refractivity contribution in [3.05, 3.63) is 95.4 Å². The molecule has 0 atom stereocenters. The van der Waals surface area contributed by atoms with Gasteiger partial charge in [-0.1, -0.05) is 106 Å². The highest BCUT2D eigenvalue weighted by atomic mass is 28.4. The molecule has 47 heavy (non-hydrogen) atoms. The van der Waals surface area contributed by atoms with Gasteiger partial charge in [-0.3, -0.25) is 4.79 Å². The molecule has 8 heteroatoms. The Balaban J connectivity index is 1.49. The average Bonchev–Trinajstić information content (AvgIpc) is 3.51. The molecule has 1 aromatic heterocycles. The van der Waals surface area contributed by atoms with Gasteiger partial charge in [-0.25, -0.2) is 4.98 Å². The average molecular weight is 654 g/mol. The van der Waals surface area contributed by atoms with Crippen molar-refractivity contribution in [1.29, 1.82) is 0 Å². The second-order valence-electron chi connectivity index (χ2n) is 14.8. The maximum Gasteiger partial charge on any atom is 0.276 e. The van der Waals surface area contributed by atoms with Crippen LogP contribution in [-0.4, -0.2) is 53.4 Å². The van der Waals surface area contributed by atoms with Crippen LogP contribution >= 0.6 is 0 Å². The van der Waals surface area contributed by atoms with Gasteiger partial charge in [0.15, 0.2) is 14.0 Å². The van der Waals surface area contributed by atoms with Crippen LogP contribution in [0.1, 0.15) is 87.7 Å². The first-order chi connectivity index (χ1) is 22.3. The molecule has 1 aliphatic rings. The van der Waals surface area contributed by atoms with Crippen molar-refractivity contribution < 1.29 is 19.1 Å². The summed E-state index contributed by atoms with van der Waals surface area (Å²) in [7, 11) is -2.01. The molecule has 3 aromatic carbocycles. The Morgan fingerprint density at radius 1 is 0.957 bits per heavy atom. The van der Waals surface area contributed by atoms with E-state index in [9.17, 15) is 9.90 Å². The fourth-order valence-corrected chi connectivity index (χ4v) is 7.39. The lowest BCUT2D eigenvalue weighted by Crippen LogP contribution is -2.45. The molecule has 5 rings (SSSR count). The lowest BCUT2D eigenvalue weighted by molar-refractivity contribution is 0.0656. The molecule has 0 saturated heterocycles. The van der Waals surface area contributed by atoms with Crippen molar-refractivity contribution in [1.82, 2.24) is 14.9 Å². The Morgan fingerprint density at radius 2 is 1.62 bits per heavy atom. The Bertz CT molecular complexity index is 1680. The Kier molecular flexibility index (Phi) is 10.4. The largest absolute Gasteiger partial charge is 0.491 e. The molecular weight excluding hydrogens is 603 g/mol. The number of carbonyl (C=O) groups is 1. The molecule has 250 valence electrons. The molecule has 1 N–H and O–H groups in total. The molecule has 7 nitrogen and oxygen atoms in total. The summed E-state index contributed by atoms with van der Waals surface area (Å²) in [4.78, 5) is 25.7. The van der Waals surface area contributed by atoms with E-state index < -0.39 is 8.32 Å². The molecule has 0 bridgehead atoms. The minimum atomic E-state index is -2.01. The van der Waals surface area contributed by atoms with Gasteiger partial charge < -0.3 is 19.2 Å². The van der Waals surface area contributed by atoms with Gasteiger partial charge in [-0.2, -0.15) is 4.98 Å². The number of amides is 1. The first-order valence-corrected chi connectivity index (χ1v) is 19.9. The maximum atomic E-state index is 14.4. The number of aromatic hydroxyl groups is 1. The van der Waals surface area contributed by atoms with Gasteiger partial charge in [0.05, 0.1) is 6.61 Å². The standard InChI is InChI=1S/C39H51N3O4Si/c1-28(2)42(23-24-46-47(6,7)38(3,4)5)37(44)34-35(45-27-29-15-9-8-10-16-29)36(43)41-33(40-34)26-39(21-13-14-22-39)32-20-19-30-17-11-12-18-31(30)25-32/h8-12,15-20,25,28H,13-14,21-24,26-27H2,1-7H3,(H,40,41,43). The maximum absolute atomic E-state index is 14.4. The van der Waals surface area contributed by atoms with Crippen LogP contribution in [-0.2, 0) is 22.9 Å². The number of benzene rings is 3. The first-order valence-electron chi connectivity index (χ1n) is 17.0. The zero-order valence-electron chi connectivity index (χ0n) is 29.2. The van der Waals surface area contributed by atoms with Crippen LogP contribution in [0, 0.1) is 0 Å². The third-order valence-corrected chi connectivity index (χ3v) is 14.8. The quantitative estimate of drug-likeness (QED) is 0.154. The van der Waals surface area contributed by atoms with Crippen LogP contribution in [0.3, 0.4) is 0 Å². The van der Waals surface area contributed by atoms with Crippen molar-refractivity contribution in [2.24, 2.45) is 0 Å². The first kappa shape index (κ1) is 34.6. The number of fused-ring (bicyclic) bond motifs is 1. The highest BCUT2D eigenvalue weighted by Gasteiger charge is 2.39. The highest BCUT2D eigenvalue weighted by molar-refractivity contribution is 6.74. The summed E-state index contributed by atoms with van der Waals surface area (Å²) >= 11 is 0. The van der Waals surface area contributed by atoms with Crippen molar-refractivity contribution in [3.63, 3.8) is 0 Å². The summed E-state index contributed by atoms with van der Waals surface area (Å²) in [6.45, 7) is 16.0. The van der Waals surface area contributed by atoms with Crippen LogP contribution in [0.5, 0.6) is 11.6 Å². The van der Waals surface area contributed by atoms with Crippen LogP contribution in [0.4, 0.5) is 0 Å². The molecule has 0 radical (unpaired) electrons. The zero-order chi connectivity index (χ0) is 33.8. The van der Waals surface area contributed by atoms with Gasteiger partial charge >= 0.3 is 0 Å². The van der Waals surface area contributed by atoms with Gasteiger partial charge in [-0.05, 0) is 66.7 Å². The van der Waals surface area contributed by atoms with Gasteiger partial charge in [-0.15, -0.1) is 0 Å². The number of aromatic nitrogens is 2. The van der Waals surface area contributed by atoms with E-state index in [1.807, 2.05) is 44.2 Å². The van der Waals surface area contributed by atoms with Crippen LogP contribution < -0.4 is 4.74 Å². The molecule has 1 fully saturated rings. The topological polar surface area (TPSA) is 84.8 Å². The molecule has 1 heterocycles. The Hall–Kier alpha value is -3.75. The van der Waals surface area contributed by atoms with E-state index in [0.29, 0.717) is 25.4 Å². The molecule has 0 spiro atoms. The van der Waals surface area contributed by atoms with Gasteiger partial charge in [0.2, 0.25) is 5.75 Å². The lowest BCUT2D eigenvalue weighted by Gasteiger charge is -2.37. The van der Waals surface area contributed by atoms with E-state index >= 15 is 0 Å². The lowest BCUT2D eigenvalue weighted by atomic mass is 9.75. The number of hydrogen-bond donors (Lipinski definition) is 1. The van der Waals surface area contributed by atoms with Crippen molar-refractivity contribution in [2.45, 2.75) is 103 Å². The second kappa shape index (κ2) is 14.2. The predicted molar refractivity (Wildman–Crippen MR) is 192 cm³/mol. The Morgan fingerprint density at radius 3 is 2.28 bits per heavy atom. The van der Waals surface area contributed by atoms with E-state index in [1.165, 1.54) is 16.3 Å². The number of carbonyl (C=O) groups excluding carboxylic acids is 1. The predicted octanol–water partition coefficient (Wildman–Crippen LogP) is 8.84. The Labute approximate surface area is 281 Å². The normalized spacial score (nSPS) is 14.9. The van der Waals surface area contributed by atoms with Gasteiger partial charge in [0, 0.05) is 24.4 Å². The minimum absolute atomic E-state index is 0.0183. The third kappa shape index (κ3) is 7.87. The minimum Gasteiger partial charge on any atom is -0.491 e. The molecule has 0 aliphatic heterocycles. The monoisotopic (exact) mass is 653 g/mol. The van der Waals surface area contributed by atoms with Crippen molar-refractivity contribution in [2.75, 3.05) is 13.2 Å². The van der Waals surface area contributed by atoms with Gasteiger partial charge in [0.1, 0.15) is 12.4 Å². The van der Waals surface area contributed by atoms with Crippen LogP contribution in [0.2, 0.25) is 18.1 Å². The van der Waals surface area contributed by atoms with Crippen molar-refractivity contribution in [3.8, 4) is 11.6 Å². The zero-order valence-corrected chi connectivity index (χ0v) is 30.2. The molecular formula is C39H51N3O4Si. The van der Waals surface area contributed by atoms with E-state index in [4.69, 9.17) is 14.1 Å². The summed E-state index contributed by atoms with van der Waals surface area (Å²) in [5, 5.41) is 13.9. The summed E-state index contributed by atoms with van der Waals surface area (Å²) in [6.07, 6.45) is 4.73.